The maximum absolute atomic E-state index is 12.7. The second kappa shape index (κ2) is 9.51. The van der Waals surface area contributed by atoms with E-state index in [4.69, 9.17) is 14.7 Å². The second-order valence-corrected chi connectivity index (χ2v) is 11.7. The summed E-state index contributed by atoms with van der Waals surface area (Å²) in [5, 5.41) is 5.59. The van der Waals surface area contributed by atoms with Crippen LogP contribution in [0, 0.1) is 0 Å². The smallest absolute Gasteiger partial charge is 0.323 e. The van der Waals surface area contributed by atoms with Crippen LogP contribution >= 0.6 is 0 Å². The third-order valence-electron chi connectivity index (χ3n) is 6.69. The highest BCUT2D eigenvalue weighted by Crippen LogP contribution is 2.52. The van der Waals surface area contributed by atoms with Crippen LogP contribution in [0.15, 0.2) is 60.7 Å². The van der Waals surface area contributed by atoms with Crippen LogP contribution in [0.4, 0.5) is 22.0 Å². The maximum Gasteiger partial charge on any atom is 0.323 e. The van der Waals surface area contributed by atoms with Crippen molar-refractivity contribution in [2.75, 3.05) is 41.5 Å². The quantitative estimate of drug-likeness (QED) is 0.517. The lowest BCUT2D eigenvalue weighted by Gasteiger charge is -2.34. The van der Waals surface area contributed by atoms with Gasteiger partial charge in [0, 0.05) is 35.8 Å². The van der Waals surface area contributed by atoms with E-state index < -0.39 is 14.6 Å². The van der Waals surface area contributed by atoms with Gasteiger partial charge in [0.15, 0.2) is 15.7 Å². The van der Waals surface area contributed by atoms with E-state index in [-0.39, 0.29) is 12.1 Å². The highest BCUT2D eigenvalue weighted by molar-refractivity contribution is 7.91. The molecule has 0 radical (unpaired) electrons. The Kier molecular flexibility index (Phi) is 6.40. The average molecular weight is 508 g/mol. The van der Waals surface area contributed by atoms with Gasteiger partial charge in [-0.25, -0.2) is 23.2 Å². The fourth-order valence-electron chi connectivity index (χ4n) is 4.46. The highest BCUT2D eigenvalue weighted by Gasteiger charge is 2.55. The Bertz CT molecular complexity index is 1360. The molecule has 0 bridgehead atoms. The molecule has 0 unspecified atom stereocenters. The fourth-order valence-corrected chi connectivity index (χ4v) is 5.79. The zero-order valence-corrected chi connectivity index (χ0v) is 21.1. The summed E-state index contributed by atoms with van der Waals surface area (Å²) in [6, 6.07) is 18.0. The Morgan fingerprint density at radius 3 is 2.31 bits per heavy atom. The number of morpholine rings is 1. The van der Waals surface area contributed by atoms with Crippen molar-refractivity contribution >= 4 is 33.1 Å². The van der Waals surface area contributed by atoms with Crippen LogP contribution < -0.4 is 15.5 Å². The van der Waals surface area contributed by atoms with Gasteiger partial charge in [-0.2, -0.15) is 0 Å². The van der Waals surface area contributed by atoms with Crippen LogP contribution in [0.25, 0.3) is 11.4 Å². The molecular formula is C26H29N5O4S. The number of amides is 2. The zero-order chi connectivity index (χ0) is 25.3. The number of urea groups is 1. The number of ether oxygens (including phenoxy) is 1. The number of sulfone groups is 1. The van der Waals surface area contributed by atoms with Crippen molar-refractivity contribution in [1.29, 1.82) is 0 Å². The molecule has 2 amide bonds. The number of rotatable bonds is 6. The van der Waals surface area contributed by atoms with E-state index in [2.05, 4.69) is 22.5 Å². The third-order valence-corrected chi connectivity index (χ3v) is 8.72. The van der Waals surface area contributed by atoms with E-state index in [1.165, 1.54) is 6.26 Å². The number of para-hydroxylation sites is 1. The molecule has 5 rings (SSSR count). The molecule has 10 heteroatoms. The third kappa shape index (κ3) is 4.91. The second-order valence-electron chi connectivity index (χ2n) is 9.34. The molecule has 2 fully saturated rings. The number of nitrogens with zero attached hydrogens (tertiary/aromatic N) is 3. The van der Waals surface area contributed by atoms with Gasteiger partial charge in [-0.3, -0.25) is 0 Å². The number of anilines is 3. The Morgan fingerprint density at radius 2 is 1.69 bits per heavy atom. The van der Waals surface area contributed by atoms with E-state index >= 15 is 0 Å². The van der Waals surface area contributed by atoms with Crippen LogP contribution in [0.3, 0.4) is 0 Å². The standard InChI is InChI=1S/C26H29N5O4S/c1-18-17-35-15-14-31(18)23-16-22(26(12-13-26)36(2,33)34)29-24(30-23)19-8-10-21(11-9-19)28-25(32)27-20-6-4-3-5-7-20/h3-11,16,18H,12-15,17H2,1-2H3,(H2,27,28,32)/t18-/m0/s1. The molecule has 2 aromatic carbocycles. The monoisotopic (exact) mass is 507 g/mol. The summed E-state index contributed by atoms with van der Waals surface area (Å²) < 4.78 is 29.9. The number of hydrogen-bond acceptors (Lipinski definition) is 7. The van der Waals surface area contributed by atoms with Crippen molar-refractivity contribution in [2.45, 2.75) is 30.6 Å². The Balaban J connectivity index is 1.43. The summed E-state index contributed by atoms with van der Waals surface area (Å²) >= 11 is 0. The van der Waals surface area contributed by atoms with Crippen LogP contribution in [0.1, 0.15) is 25.5 Å². The van der Waals surface area contributed by atoms with E-state index in [0.717, 1.165) is 5.56 Å². The van der Waals surface area contributed by atoms with Gasteiger partial charge in [-0.05, 0) is 56.2 Å². The van der Waals surface area contributed by atoms with Crippen molar-refractivity contribution in [2.24, 2.45) is 0 Å². The number of carbonyl (C=O) groups is 1. The predicted octanol–water partition coefficient (Wildman–Crippen LogP) is 4.05. The van der Waals surface area contributed by atoms with Crippen molar-refractivity contribution in [1.82, 2.24) is 9.97 Å². The van der Waals surface area contributed by atoms with Crippen molar-refractivity contribution in [3.63, 3.8) is 0 Å². The summed E-state index contributed by atoms with van der Waals surface area (Å²) in [7, 11) is -3.34. The molecule has 0 spiro atoms. The molecule has 3 aromatic rings. The molecule has 1 aliphatic carbocycles. The van der Waals surface area contributed by atoms with Crippen molar-refractivity contribution in [3.05, 3.63) is 66.4 Å². The van der Waals surface area contributed by atoms with Gasteiger partial charge < -0.3 is 20.3 Å². The molecular weight excluding hydrogens is 478 g/mol. The zero-order valence-electron chi connectivity index (χ0n) is 20.3. The van der Waals surface area contributed by atoms with Gasteiger partial charge in [-0.15, -0.1) is 0 Å². The number of aromatic nitrogens is 2. The largest absolute Gasteiger partial charge is 0.377 e. The number of benzene rings is 2. The van der Waals surface area contributed by atoms with E-state index in [1.54, 1.807) is 12.1 Å². The summed E-state index contributed by atoms with van der Waals surface area (Å²) in [5.74, 6) is 1.15. The molecule has 9 nitrogen and oxygen atoms in total. The lowest BCUT2D eigenvalue weighted by Crippen LogP contribution is -2.44. The topological polar surface area (TPSA) is 114 Å². The predicted molar refractivity (Wildman–Crippen MR) is 140 cm³/mol. The van der Waals surface area contributed by atoms with E-state index in [0.29, 0.717) is 61.3 Å². The van der Waals surface area contributed by atoms with Gasteiger partial charge in [0.05, 0.1) is 24.9 Å². The molecule has 2 aliphatic rings. The maximum atomic E-state index is 12.7. The van der Waals surface area contributed by atoms with E-state index in [9.17, 15) is 13.2 Å². The summed E-state index contributed by atoms with van der Waals surface area (Å²) in [6.45, 7) is 3.90. The van der Waals surface area contributed by atoms with Crippen LogP contribution in [-0.4, -0.2) is 56.5 Å². The SMILES string of the molecule is C[C@H]1COCCN1c1cc(C2(S(C)(=O)=O)CC2)nc(-c2ccc(NC(=O)Nc3ccccc3)cc2)n1. The summed E-state index contributed by atoms with van der Waals surface area (Å²) in [5.41, 5.74) is 2.58. The lowest BCUT2D eigenvalue weighted by molar-refractivity contribution is 0.0985. The van der Waals surface area contributed by atoms with Crippen molar-refractivity contribution < 1.29 is 17.9 Å². The lowest BCUT2D eigenvalue weighted by atomic mass is 10.1. The molecule has 2 N–H and O–H groups in total. The van der Waals surface area contributed by atoms with Gasteiger partial charge in [-0.1, -0.05) is 18.2 Å². The number of carbonyl (C=O) groups excluding carboxylic acids is 1. The molecule has 188 valence electrons. The minimum Gasteiger partial charge on any atom is -0.377 e. The number of nitrogens with one attached hydrogen (secondary N) is 2. The first-order valence-corrected chi connectivity index (χ1v) is 13.8. The molecule has 2 heterocycles. The molecule has 1 atom stereocenters. The molecule has 1 saturated heterocycles. The van der Waals surface area contributed by atoms with Gasteiger partial charge in [0.25, 0.3) is 0 Å². The molecule has 1 saturated carbocycles. The minimum absolute atomic E-state index is 0.109. The Hall–Kier alpha value is -3.50. The van der Waals surface area contributed by atoms with Gasteiger partial charge in [0.1, 0.15) is 10.6 Å². The Labute approximate surface area is 210 Å². The van der Waals surface area contributed by atoms with E-state index in [1.807, 2.05) is 48.5 Å². The number of hydrogen-bond donors (Lipinski definition) is 2. The normalized spacial score (nSPS) is 18.9. The van der Waals surface area contributed by atoms with Crippen LogP contribution in [-0.2, 0) is 19.3 Å². The summed E-state index contributed by atoms with van der Waals surface area (Å²) in [4.78, 5) is 24.0. The fraction of sp³-hybridized carbons (Fsp3) is 0.346. The molecule has 1 aliphatic heterocycles. The summed E-state index contributed by atoms with van der Waals surface area (Å²) in [6.07, 6.45) is 2.39. The average Bonchev–Trinajstić information content (AvgIpc) is 3.68. The first kappa shape index (κ1) is 24.2. The van der Waals surface area contributed by atoms with Crippen LogP contribution in [0.2, 0.25) is 0 Å². The molecule has 36 heavy (non-hydrogen) atoms. The van der Waals surface area contributed by atoms with Crippen LogP contribution in [0.5, 0.6) is 0 Å². The highest BCUT2D eigenvalue weighted by atomic mass is 32.2. The van der Waals surface area contributed by atoms with Crippen molar-refractivity contribution in [3.8, 4) is 11.4 Å². The van der Waals surface area contributed by atoms with Gasteiger partial charge >= 0.3 is 6.03 Å². The van der Waals surface area contributed by atoms with Gasteiger partial charge in [0.2, 0.25) is 0 Å². The first-order chi connectivity index (χ1) is 17.2. The Morgan fingerprint density at radius 1 is 1.03 bits per heavy atom. The molecule has 1 aromatic heterocycles. The minimum atomic E-state index is -3.34. The first-order valence-electron chi connectivity index (χ1n) is 11.9.